The standard InChI is InChI=1S/C24H27NO3S2/c1-4-17(2)19-9-11-20(12-10-19)27-13-6-14-28-21-8-5-7-18(15-21)16-22-23(26)25(3)24(29)30-22/h5,7-12,15-17H,4,6,13-14H2,1-3H3/b22-16+/t17-/m0/s1. The first-order valence-electron chi connectivity index (χ1n) is 10.1. The molecule has 2 aromatic carbocycles. The molecule has 1 heterocycles. The Morgan fingerprint density at radius 1 is 1.10 bits per heavy atom. The van der Waals surface area contributed by atoms with Crippen LogP contribution in [0.3, 0.4) is 0 Å². The summed E-state index contributed by atoms with van der Waals surface area (Å²) < 4.78 is 12.2. The molecule has 4 nitrogen and oxygen atoms in total. The van der Waals surface area contributed by atoms with Gasteiger partial charge in [-0.3, -0.25) is 9.69 Å². The number of nitrogens with zero attached hydrogens (tertiary/aromatic N) is 1. The molecule has 1 atom stereocenters. The molecule has 0 aromatic heterocycles. The average molecular weight is 442 g/mol. The molecule has 1 amide bonds. The highest BCUT2D eigenvalue weighted by molar-refractivity contribution is 8.26. The van der Waals surface area contributed by atoms with Crippen molar-refractivity contribution in [3.05, 3.63) is 64.6 Å². The molecular weight excluding hydrogens is 414 g/mol. The molecule has 158 valence electrons. The Hall–Kier alpha value is -2.31. The lowest BCUT2D eigenvalue weighted by Crippen LogP contribution is -2.22. The minimum Gasteiger partial charge on any atom is -0.493 e. The summed E-state index contributed by atoms with van der Waals surface area (Å²) in [5, 5.41) is 0. The van der Waals surface area contributed by atoms with E-state index in [1.165, 1.54) is 22.2 Å². The van der Waals surface area contributed by atoms with Crippen molar-refractivity contribution in [3.63, 3.8) is 0 Å². The van der Waals surface area contributed by atoms with Gasteiger partial charge in [-0.1, -0.05) is 62.1 Å². The van der Waals surface area contributed by atoms with Crippen LogP contribution in [-0.2, 0) is 4.79 Å². The molecule has 1 saturated heterocycles. The highest BCUT2D eigenvalue weighted by Crippen LogP contribution is 2.31. The summed E-state index contributed by atoms with van der Waals surface area (Å²) in [6, 6.07) is 16.0. The summed E-state index contributed by atoms with van der Waals surface area (Å²) in [5.74, 6) is 2.17. The summed E-state index contributed by atoms with van der Waals surface area (Å²) >= 11 is 6.49. The van der Waals surface area contributed by atoms with Crippen molar-refractivity contribution in [1.82, 2.24) is 4.90 Å². The van der Waals surface area contributed by atoms with Crippen molar-refractivity contribution in [2.75, 3.05) is 20.3 Å². The molecule has 1 aliphatic heterocycles. The second kappa shape index (κ2) is 10.6. The van der Waals surface area contributed by atoms with Gasteiger partial charge in [0, 0.05) is 13.5 Å². The minimum absolute atomic E-state index is 0.0642. The van der Waals surface area contributed by atoms with E-state index < -0.39 is 0 Å². The molecule has 0 bridgehead atoms. The first-order valence-corrected chi connectivity index (χ1v) is 11.4. The summed E-state index contributed by atoms with van der Waals surface area (Å²) in [5.41, 5.74) is 2.26. The number of carbonyl (C=O) groups excluding carboxylic acids is 1. The predicted octanol–water partition coefficient (Wildman–Crippen LogP) is 5.88. The van der Waals surface area contributed by atoms with E-state index in [4.69, 9.17) is 21.7 Å². The highest BCUT2D eigenvalue weighted by atomic mass is 32.2. The van der Waals surface area contributed by atoms with Crippen LogP contribution in [0.2, 0.25) is 0 Å². The number of thiocarbonyl (C=S) groups is 1. The van der Waals surface area contributed by atoms with Crippen LogP contribution in [0.25, 0.3) is 6.08 Å². The molecule has 30 heavy (non-hydrogen) atoms. The van der Waals surface area contributed by atoms with Gasteiger partial charge in [-0.25, -0.2) is 0 Å². The van der Waals surface area contributed by atoms with Crippen molar-refractivity contribution in [3.8, 4) is 11.5 Å². The summed E-state index contributed by atoms with van der Waals surface area (Å²) in [4.78, 5) is 14.3. The summed E-state index contributed by atoms with van der Waals surface area (Å²) in [7, 11) is 1.69. The van der Waals surface area contributed by atoms with Crippen LogP contribution < -0.4 is 9.47 Å². The molecule has 0 saturated carbocycles. The van der Waals surface area contributed by atoms with Gasteiger partial charge >= 0.3 is 0 Å². The van der Waals surface area contributed by atoms with Crippen molar-refractivity contribution < 1.29 is 14.3 Å². The number of hydrogen-bond donors (Lipinski definition) is 0. The van der Waals surface area contributed by atoms with Gasteiger partial charge in [0.25, 0.3) is 5.91 Å². The smallest absolute Gasteiger partial charge is 0.265 e. The molecule has 2 aromatic rings. The molecule has 0 spiro atoms. The van der Waals surface area contributed by atoms with Crippen LogP contribution in [0.1, 0.15) is 43.7 Å². The third kappa shape index (κ3) is 5.86. The van der Waals surface area contributed by atoms with Crippen molar-refractivity contribution in [2.45, 2.75) is 32.6 Å². The first kappa shape index (κ1) is 22.4. The zero-order chi connectivity index (χ0) is 21.5. The Morgan fingerprint density at radius 2 is 1.80 bits per heavy atom. The number of benzene rings is 2. The third-order valence-corrected chi connectivity index (χ3v) is 6.51. The molecule has 1 fully saturated rings. The van der Waals surface area contributed by atoms with Gasteiger partial charge in [0.15, 0.2) is 0 Å². The number of thioether (sulfide) groups is 1. The fourth-order valence-electron chi connectivity index (χ4n) is 2.96. The largest absolute Gasteiger partial charge is 0.493 e. The number of rotatable bonds is 9. The Bertz CT molecular complexity index is 924. The number of carbonyl (C=O) groups is 1. The van der Waals surface area contributed by atoms with Crippen LogP contribution in [0.4, 0.5) is 0 Å². The summed E-state index contributed by atoms with van der Waals surface area (Å²) in [6.45, 7) is 5.59. The first-order chi connectivity index (χ1) is 14.5. The molecular formula is C24H27NO3S2. The van der Waals surface area contributed by atoms with Gasteiger partial charge < -0.3 is 9.47 Å². The predicted molar refractivity (Wildman–Crippen MR) is 128 cm³/mol. The van der Waals surface area contributed by atoms with E-state index in [0.29, 0.717) is 28.4 Å². The molecule has 3 rings (SSSR count). The van der Waals surface area contributed by atoms with Gasteiger partial charge in [0.1, 0.15) is 15.8 Å². The fourth-order valence-corrected chi connectivity index (χ4v) is 4.14. The van der Waals surface area contributed by atoms with Crippen LogP contribution in [-0.4, -0.2) is 35.4 Å². The van der Waals surface area contributed by atoms with E-state index in [1.807, 2.05) is 42.5 Å². The number of amides is 1. The Morgan fingerprint density at radius 3 is 2.43 bits per heavy atom. The van der Waals surface area contributed by atoms with Gasteiger partial charge in [-0.15, -0.1) is 0 Å². The second-order valence-corrected chi connectivity index (χ2v) is 8.92. The maximum atomic E-state index is 12.1. The third-order valence-electron chi connectivity index (χ3n) is 5.03. The van der Waals surface area contributed by atoms with E-state index in [0.717, 1.165) is 29.9 Å². The van der Waals surface area contributed by atoms with Crippen molar-refractivity contribution >= 4 is 40.3 Å². The Balaban J connectivity index is 1.45. The van der Waals surface area contributed by atoms with E-state index in [2.05, 4.69) is 26.0 Å². The van der Waals surface area contributed by atoms with E-state index in [-0.39, 0.29) is 5.91 Å². The molecule has 0 unspecified atom stereocenters. The Labute approximate surface area is 188 Å². The van der Waals surface area contributed by atoms with Crippen LogP contribution in [0.5, 0.6) is 11.5 Å². The maximum absolute atomic E-state index is 12.1. The zero-order valence-corrected chi connectivity index (χ0v) is 19.2. The lowest BCUT2D eigenvalue weighted by Gasteiger charge is -2.11. The quantitative estimate of drug-likeness (QED) is 0.276. The lowest BCUT2D eigenvalue weighted by molar-refractivity contribution is -0.121. The Kier molecular flexibility index (Phi) is 7.94. The average Bonchev–Trinajstić information content (AvgIpc) is 3.00. The molecule has 0 aliphatic carbocycles. The van der Waals surface area contributed by atoms with E-state index in [9.17, 15) is 4.79 Å². The maximum Gasteiger partial charge on any atom is 0.265 e. The molecule has 6 heteroatoms. The summed E-state index contributed by atoms with van der Waals surface area (Å²) in [6.07, 6.45) is 3.77. The monoisotopic (exact) mass is 441 g/mol. The highest BCUT2D eigenvalue weighted by Gasteiger charge is 2.28. The molecule has 0 radical (unpaired) electrons. The number of hydrogen-bond acceptors (Lipinski definition) is 5. The zero-order valence-electron chi connectivity index (χ0n) is 17.6. The molecule has 1 aliphatic rings. The van der Waals surface area contributed by atoms with Crippen molar-refractivity contribution in [1.29, 1.82) is 0 Å². The van der Waals surface area contributed by atoms with Gasteiger partial charge in [0.05, 0.1) is 18.1 Å². The lowest BCUT2D eigenvalue weighted by atomic mass is 9.99. The van der Waals surface area contributed by atoms with Gasteiger partial charge in [-0.05, 0) is 53.8 Å². The molecule has 0 N–H and O–H groups in total. The topological polar surface area (TPSA) is 38.8 Å². The van der Waals surface area contributed by atoms with Crippen LogP contribution >= 0.6 is 24.0 Å². The second-order valence-electron chi connectivity index (χ2n) is 7.24. The van der Waals surface area contributed by atoms with Crippen molar-refractivity contribution in [2.24, 2.45) is 0 Å². The van der Waals surface area contributed by atoms with Gasteiger partial charge in [0.2, 0.25) is 0 Å². The number of likely N-dealkylation sites (N-methyl/N-ethyl adjacent to an activating group) is 1. The van der Waals surface area contributed by atoms with Gasteiger partial charge in [-0.2, -0.15) is 0 Å². The minimum atomic E-state index is -0.0642. The number of ether oxygens (including phenoxy) is 2. The van der Waals surface area contributed by atoms with E-state index >= 15 is 0 Å². The normalized spacial score (nSPS) is 16.2. The fraction of sp³-hybridized carbons (Fsp3) is 0.333. The van der Waals surface area contributed by atoms with E-state index in [1.54, 1.807) is 7.05 Å². The van der Waals surface area contributed by atoms with Crippen LogP contribution in [0.15, 0.2) is 53.4 Å². The van der Waals surface area contributed by atoms with Crippen LogP contribution in [0, 0.1) is 0 Å². The SMILES string of the molecule is CC[C@H](C)c1ccc(OCCCOc2cccc(/C=C3/SC(=S)N(C)C3=O)c2)cc1.